The molecule has 3 aliphatic rings. The molecular formula is C29H39N3O2. The summed E-state index contributed by atoms with van der Waals surface area (Å²) < 4.78 is 7.87. The van der Waals surface area contributed by atoms with Crippen LogP contribution in [0.2, 0.25) is 0 Å². The number of hydrogen-bond donors (Lipinski definition) is 0. The van der Waals surface area contributed by atoms with E-state index in [0.29, 0.717) is 12.5 Å². The molecule has 182 valence electrons. The van der Waals surface area contributed by atoms with E-state index in [9.17, 15) is 4.79 Å². The number of piperidine rings is 1. The average molecular weight is 462 g/mol. The molecule has 1 saturated heterocycles. The van der Waals surface area contributed by atoms with Crippen LogP contribution in [0.25, 0.3) is 10.9 Å². The fourth-order valence-corrected chi connectivity index (χ4v) is 5.86. The van der Waals surface area contributed by atoms with Gasteiger partial charge in [0.1, 0.15) is 0 Å². The van der Waals surface area contributed by atoms with Crippen LogP contribution in [-0.4, -0.2) is 60.2 Å². The third-order valence-electron chi connectivity index (χ3n) is 8.06. The van der Waals surface area contributed by atoms with E-state index in [-0.39, 0.29) is 5.91 Å². The van der Waals surface area contributed by atoms with Gasteiger partial charge < -0.3 is 14.2 Å². The molecule has 1 aromatic heterocycles. The Hall–Kier alpha value is -2.37. The Bertz CT molecular complexity index is 1070. The average Bonchev–Trinajstić information content (AvgIpc) is 3.19. The number of aromatic nitrogens is 1. The maximum absolute atomic E-state index is 13.3. The van der Waals surface area contributed by atoms with E-state index >= 15 is 0 Å². The highest BCUT2D eigenvalue weighted by atomic mass is 16.5. The molecule has 3 heterocycles. The largest absolute Gasteiger partial charge is 0.383 e. The van der Waals surface area contributed by atoms with Gasteiger partial charge in [0, 0.05) is 68.4 Å². The number of carbonyl (C=O) groups excluding carboxylic acids is 1. The topological polar surface area (TPSA) is 37.7 Å². The van der Waals surface area contributed by atoms with E-state index in [1.165, 1.54) is 28.6 Å². The van der Waals surface area contributed by atoms with Gasteiger partial charge in [-0.1, -0.05) is 31.2 Å². The summed E-state index contributed by atoms with van der Waals surface area (Å²) in [6, 6.07) is 6.39. The first kappa shape index (κ1) is 23.4. The maximum Gasteiger partial charge on any atom is 0.253 e. The summed E-state index contributed by atoms with van der Waals surface area (Å²) in [5.41, 5.74) is 4.93. The maximum atomic E-state index is 13.3. The van der Waals surface area contributed by atoms with Crippen molar-refractivity contribution in [1.29, 1.82) is 0 Å². The number of likely N-dealkylation sites (tertiary alicyclic amines) is 1. The molecule has 1 unspecified atom stereocenters. The molecule has 5 heteroatoms. The zero-order valence-electron chi connectivity index (χ0n) is 20.8. The van der Waals surface area contributed by atoms with Crippen molar-refractivity contribution in [2.24, 2.45) is 11.8 Å². The van der Waals surface area contributed by atoms with Gasteiger partial charge in [-0.25, -0.2) is 0 Å². The number of rotatable bonds is 7. The molecule has 0 saturated carbocycles. The molecular weight excluding hydrogens is 422 g/mol. The number of ether oxygens (including phenoxy) is 1. The Kier molecular flexibility index (Phi) is 7.21. The molecule has 1 amide bonds. The van der Waals surface area contributed by atoms with Gasteiger partial charge in [0.05, 0.1) is 6.61 Å². The third kappa shape index (κ3) is 4.87. The summed E-state index contributed by atoms with van der Waals surface area (Å²) in [7, 11) is 1.77. The molecule has 5 rings (SSSR count). The summed E-state index contributed by atoms with van der Waals surface area (Å²) in [6.45, 7) is 8.80. The van der Waals surface area contributed by atoms with Crippen LogP contribution in [0, 0.1) is 11.8 Å². The smallest absolute Gasteiger partial charge is 0.253 e. The molecule has 5 nitrogen and oxygen atoms in total. The van der Waals surface area contributed by atoms with Crippen molar-refractivity contribution < 1.29 is 9.53 Å². The summed E-state index contributed by atoms with van der Waals surface area (Å²) in [6.07, 6.45) is 14.6. The Labute approximate surface area is 204 Å². The van der Waals surface area contributed by atoms with Gasteiger partial charge >= 0.3 is 0 Å². The summed E-state index contributed by atoms with van der Waals surface area (Å²) in [4.78, 5) is 18.0. The Morgan fingerprint density at radius 3 is 2.74 bits per heavy atom. The molecule has 2 aliphatic heterocycles. The van der Waals surface area contributed by atoms with E-state index in [2.05, 4.69) is 52.8 Å². The third-order valence-corrected chi connectivity index (χ3v) is 8.06. The highest BCUT2D eigenvalue weighted by Crippen LogP contribution is 2.33. The molecule has 1 atom stereocenters. The van der Waals surface area contributed by atoms with Crippen molar-refractivity contribution in [3.63, 3.8) is 0 Å². The predicted octanol–water partition coefficient (Wildman–Crippen LogP) is 5.04. The lowest BCUT2D eigenvalue weighted by atomic mass is 9.96. The van der Waals surface area contributed by atoms with Crippen molar-refractivity contribution in [1.82, 2.24) is 14.4 Å². The van der Waals surface area contributed by atoms with E-state index in [4.69, 9.17) is 4.74 Å². The zero-order chi connectivity index (χ0) is 23.5. The first-order chi connectivity index (χ1) is 16.6. The van der Waals surface area contributed by atoms with Crippen LogP contribution in [0.1, 0.15) is 54.2 Å². The van der Waals surface area contributed by atoms with Gasteiger partial charge in [-0.15, -0.1) is 0 Å². The number of methoxy groups -OCH3 is 1. The lowest BCUT2D eigenvalue weighted by Crippen LogP contribution is -2.37. The number of carbonyl (C=O) groups is 1. The van der Waals surface area contributed by atoms with E-state index in [0.717, 1.165) is 76.4 Å². The number of nitrogens with zero attached hydrogens (tertiary/aromatic N) is 3. The quantitative estimate of drug-likeness (QED) is 0.580. The van der Waals surface area contributed by atoms with Gasteiger partial charge in [-0.3, -0.25) is 9.69 Å². The second-order valence-electron chi connectivity index (χ2n) is 10.4. The molecule has 1 aromatic carbocycles. The second kappa shape index (κ2) is 10.5. The molecule has 34 heavy (non-hydrogen) atoms. The molecule has 0 N–H and O–H groups in total. The van der Waals surface area contributed by atoms with Gasteiger partial charge in [-0.2, -0.15) is 0 Å². The van der Waals surface area contributed by atoms with Gasteiger partial charge in [-0.05, 0) is 67.8 Å². The van der Waals surface area contributed by atoms with Crippen molar-refractivity contribution in [3.8, 4) is 0 Å². The Morgan fingerprint density at radius 2 is 1.97 bits per heavy atom. The van der Waals surface area contributed by atoms with Gasteiger partial charge in [0.15, 0.2) is 0 Å². The molecule has 0 bridgehead atoms. The highest BCUT2D eigenvalue weighted by molar-refractivity contribution is 5.99. The lowest BCUT2D eigenvalue weighted by Gasteiger charge is -2.30. The molecule has 0 radical (unpaired) electrons. The normalized spacial score (nSPS) is 21.4. The summed E-state index contributed by atoms with van der Waals surface area (Å²) >= 11 is 0. The fraction of sp³-hybridized carbons (Fsp3) is 0.552. The van der Waals surface area contributed by atoms with Crippen molar-refractivity contribution in [2.45, 2.75) is 52.1 Å². The molecule has 2 aromatic rings. The van der Waals surface area contributed by atoms with Crippen LogP contribution in [0.3, 0.4) is 0 Å². The standard InChI is InChI=1S/C29H39N3O2/c1-22-10-16-31(17-11-22)29(33)24-8-9-27-25(20-24)26-21-30(14-12-23-6-4-3-5-7-23)15-13-28(26)32(27)18-19-34-2/h3-6,8-9,20,22-23H,7,10-19,21H2,1-2H3. The number of hydrogen-bond acceptors (Lipinski definition) is 3. The molecule has 1 aliphatic carbocycles. The zero-order valence-corrected chi connectivity index (χ0v) is 20.8. The van der Waals surface area contributed by atoms with Crippen LogP contribution >= 0.6 is 0 Å². The van der Waals surface area contributed by atoms with Crippen LogP contribution in [0.4, 0.5) is 0 Å². The van der Waals surface area contributed by atoms with Crippen LogP contribution in [-0.2, 0) is 24.2 Å². The van der Waals surface area contributed by atoms with Gasteiger partial charge in [0.25, 0.3) is 5.91 Å². The highest BCUT2D eigenvalue weighted by Gasteiger charge is 2.26. The van der Waals surface area contributed by atoms with Gasteiger partial charge in [0.2, 0.25) is 0 Å². The monoisotopic (exact) mass is 461 g/mol. The van der Waals surface area contributed by atoms with E-state index in [1.807, 2.05) is 11.0 Å². The number of fused-ring (bicyclic) bond motifs is 3. The van der Waals surface area contributed by atoms with E-state index in [1.54, 1.807) is 7.11 Å². The van der Waals surface area contributed by atoms with Crippen LogP contribution in [0.15, 0.2) is 42.5 Å². The van der Waals surface area contributed by atoms with Crippen LogP contribution < -0.4 is 0 Å². The minimum Gasteiger partial charge on any atom is -0.383 e. The molecule has 0 spiro atoms. The first-order valence-corrected chi connectivity index (χ1v) is 13.1. The lowest BCUT2D eigenvalue weighted by molar-refractivity contribution is 0.0697. The number of allylic oxidation sites excluding steroid dienone is 4. The van der Waals surface area contributed by atoms with Crippen molar-refractivity contribution in [3.05, 3.63) is 59.3 Å². The molecule has 1 fully saturated rings. The van der Waals surface area contributed by atoms with Crippen molar-refractivity contribution >= 4 is 16.8 Å². The van der Waals surface area contributed by atoms with Crippen molar-refractivity contribution in [2.75, 3.05) is 39.9 Å². The first-order valence-electron chi connectivity index (χ1n) is 13.1. The summed E-state index contributed by atoms with van der Waals surface area (Å²) in [5, 5.41) is 1.26. The van der Waals surface area contributed by atoms with Crippen LogP contribution in [0.5, 0.6) is 0 Å². The second-order valence-corrected chi connectivity index (χ2v) is 10.4. The Morgan fingerprint density at radius 1 is 1.12 bits per heavy atom. The van der Waals surface area contributed by atoms with E-state index < -0.39 is 0 Å². The minimum atomic E-state index is 0.192. The fourth-order valence-electron chi connectivity index (χ4n) is 5.86. The predicted molar refractivity (Wildman–Crippen MR) is 138 cm³/mol. The number of amides is 1. The summed E-state index contributed by atoms with van der Waals surface area (Å²) in [5.74, 6) is 1.57. The number of benzene rings is 1. The minimum absolute atomic E-state index is 0.192. The SMILES string of the molecule is COCCn1c2c(c3cc(C(=O)N4CCC(C)CC4)ccc31)CN(CCC1C=CC=CC1)CC2. The Balaban J connectivity index is 1.40.